The lowest BCUT2D eigenvalue weighted by atomic mass is 9.99. The first kappa shape index (κ1) is 14.0. The van der Waals surface area contributed by atoms with E-state index in [0.717, 1.165) is 4.90 Å². The molecule has 0 aliphatic carbocycles. The van der Waals surface area contributed by atoms with Crippen molar-refractivity contribution in [3.05, 3.63) is 29.6 Å². The summed E-state index contributed by atoms with van der Waals surface area (Å²) >= 11 is 0. The number of hydrogen-bond donors (Lipinski definition) is 2. The minimum Gasteiger partial charge on any atom is -0.477 e. The van der Waals surface area contributed by atoms with Crippen LogP contribution in [0.25, 0.3) is 0 Å². The molecule has 1 unspecified atom stereocenters. The number of urea groups is 1. The van der Waals surface area contributed by atoms with Crippen molar-refractivity contribution >= 4 is 17.9 Å². The Balaban J connectivity index is 2.22. The number of nitrogens with one attached hydrogen (secondary N) is 1. The second kappa shape index (κ2) is 4.92. The van der Waals surface area contributed by atoms with Crippen LogP contribution in [0.3, 0.4) is 0 Å². The van der Waals surface area contributed by atoms with Crippen molar-refractivity contribution in [2.75, 3.05) is 0 Å². The number of carbonyl (C=O) groups is 3. The normalized spacial score (nSPS) is 22.0. The fourth-order valence-corrected chi connectivity index (χ4v) is 1.98. The van der Waals surface area contributed by atoms with Crippen LogP contribution in [0.4, 0.5) is 4.79 Å². The lowest BCUT2D eigenvalue weighted by Crippen LogP contribution is -2.43. The maximum Gasteiger partial charge on any atom is 0.354 e. The predicted octanol–water partition coefficient (Wildman–Crippen LogP) is 1.00. The number of carboxylic acids is 1. The minimum atomic E-state index is -1.15. The van der Waals surface area contributed by atoms with Gasteiger partial charge in [0.15, 0.2) is 0 Å². The molecular formula is C13H15N3O4. The summed E-state index contributed by atoms with van der Waals surface area (Å²) in [6, 6.07) is 3.98. The molecule has 106 valence electrons. The SMILES string of the molecule is CCC1(C)NC(=O)N(Cc2cccc(C(=O)O)n2)C1=O. The van der Waals surface area contributed by atoms with Gasteiger partial charge in [0.25, 0.3) is 5.91 Å². The molecule has 0 aromatic carbocycles. The van der Waals surface area contributed by atoms with Crippen LogP contribution >= 0.6 is 0 Å². The molecule has 1 saturated heterocycles. The van der Waals surface area contributed by atoms with Gasteiger partial charge in [-0.1, -0.05) is 13.0 Å². The summed E-state index contributed by atoms with van der Waals surface area (Å²) in [6.07, 6.45) is 0.483. The molecule has 0 bridgehead atoms. The second-order valence-corrected chi connectivity index (χ2v) is 4.83. The van der Waals surface area contributed by atoms with Crippen molar-refractivity contribution < 1.29 is 19.5 Å². The van der Waals surface area contributed by atoms with Crippen molar-refractivity contribution in [2.45, 2.75) is 32.4 Å². The molecule has 0 spiro atoms. The number of amides is 3. The molecule has 1 aromatic heterocycles. The minimum absolute atomic E-state index is 0.0403. The van der Waals surface area contributed by atoms with E-state index in [4.69, 9.17) is 5.11 Å². The zero-order valence-electron chi connectivity index (χ0n) is 11.2. The highest BCUT2D eigenvalue weighted by atomic mass is 16.4. The molecule has 0 radical (unpaired) electrons. The summed E-state index contributed by atoms with van der Waals surface area (Å²) in [5, 5.41) is 11.5. The summed E-state index contributed by atoms with van der Waals surface area (Å²) in [5.74, 6) is -1.48. The number of rotatable bonds is 4. The predicted molar refractivity (Wildman–Crippen MR) is 69.0 cm³/mol. The molecule has 1 fully saturated rings. The molecule has 7 heteroatoms. The molecule has 2 heterocycles. The van der Waals surface area contributed by atoms with E-state index in [0.29, 0.717) is 12.1 Å². The number of imide groups is 1. The first-order valence-corrected chi connectivity index (χ1v) is 6.20. The monoisotopic (exact) mass is 277 g/mol. The van der Waals surface area contributed by atoms with Crippen LogP contribution in [-0.2, 0) is 11.3 Å². The van der Waals surface area contributed by atoms with E-state index in [-0.39, 0.29) is 18.1 Å². The topological polar surface area (TPSA) is 99.6 Å². The quantitative estimate of drug-likeness (QED) is 0.800. The Morgan fingerprint density at radius 3 is 2.70 bits per heavy atom. The lowest BCUT2D eigenvalue weighted by Gasteiger charge is -2.19. The van der Waals surface area contributed by atoms with Crippen molar-refractivity contribution in [3.8, 4) is 0 Å². The van der Waals surface area contributed by atoms with E-state index in [1.807, 2.05) is 6.92 Å². The van der Waals surface area contributed by atoms with E-state index in [9.17, 15) is 14.4 Å². The zero-order chi connectivity index (χ0) is 14.9. The van der Waals surface area contributed by atoms with Crippen LogP contribution in [0.5, 0.6) is 0 Å². The van der Waals surface area contributed by atoms with Crippen LogP contribution in [0.1, 0.15) is 36.5 Å². The maximum atomic E-state index is 12.2. The maximum absolute atomic E-state index is 12.2. The third-order valence-corrected chi connectivity index (χ3v) is 3.40. The number of pyridine rings is 1. The van der Waals surface area contributed by atoms with E-state index < -0.39 is 17.5 Å². The smallest absolute Gasteiger partial charge is 0.354 e. The van der Waals surface area contributed by atoms with Gasteiger partial charge in [0.1, 0.15) is 11.2 Å². The zero-order valence-corrected chi connectivity index (χ0v) is 11.2. The molecule has 3 amide bonds. The first-order valence-electron chi connectivity index (χ1n) is 6.20. The second-order valence-electron chi connectivity index (χ2n) is 4.83. The number of carboxylic acid groups (broad SMARTS) is 1. The highest BCUT2D eigenvalue weighted by Gasteiger charge is 2.46. The van der Waals surface area contributed by atoms with Gasteiger partial charge in [-0.15, -0.1) is 0 Å². The Kier molecular flexibility index (Phi) is 3.44. The largest absolute Gasteiger partial charge is 0.477 e. The van der Waals surface area contributed by atoms with Crippen LogP contribution < -0.4 is 5.32 Å². The molecular weight excluding hydrogens is 262 g/mol. The number of aromatic nitrogens is 1. The Morgan fingerprint density at radius 1 is 1.45 bits per heavy atom. The van der Waals surface area contributed by atoms with Crippen molar-refractivity contribution in [2.24, 2.45) is 0 Å². The summed E-state index contributed by atoms with van der Waals surface area (Å²) < 4.78 is 0. The van der Waals surface area contributed by atoms with Gasteiger partial charge in [-0.3, -0.25) is 9.69 Å². The van der Waals surface area contributed by atoms with Crippen molar-refractivity contribution in [3.63, 3.8) is 0 Å². The van der Waals surface area contributed by atoms with Gasteiger partial charge in [-0.05, 0) is 25.5 Å². The van der Waals surface area contributed by atoms with Crippen LogP contribution in [0.15, 0.2) is 18.2 Å². The molecule has 2 N–H and O–H groups in total. The number of nitrogens with zero attached hydrogens (tertiary/aromatic N) is 2. The fourth-order valence-electron chi connectivity index (χ4n) is 1.98. The number of hydrogen-bond acceptors (Lipinski definition) is 4. The van der Waals surface area contributed by atoms with Crippen LogP contribution in [-0.4, -0.2) is 38.4 Å². The van der Waals surface area contributed by atoms with Gasteiger partial charge in [0.05, 0.1) is 12.2 Å². The molecule has 1 atom stereocenters. The third-order valence-electron chi connectivity index (χ3n) is 3.40. The van der Waals surface area contributed by atoms with Crippen LogP contribution in [0.2, 0.25) is 0 Å². The van der Waals surface area contributed by atoms with E-state index in [1.165, 1.54) is 12.1 Å². The average Bonchev–Trinajstić information content (AvgIpc) is 2.63. The molecule has 1 aromatic rings. The molecule has 1 aliphatic heterocycles. The molecule has 20 heavy (non-hydrogen) atoms. The summed E-state index contributed by atoms with van der Waals surface area (Å²) in [4.78, 5) is 39.8. The Bertz CT molecular complexity index is 587. The molecule has 0 saturated carbocycles. The Hall–Kier alpha value is -2.44. The van der Waals surface area contributed by atoms with Gasteiger partial charge >= 0.3 is 12.0 Å². The summed E-state index contributed by atoms with van der Waals surface area (Å²) in [7, 11) is 0. The van der Waals surface area contributed by atoms with Crippen molar-refractivity contribution in [1.82, 2.24) is 15.2 Å². The molecule has 1 aliphatic rings. The number of carbonyl (C=O) groups excluding carboxylic acids is 2. The third kappa shape index (κ3) is 2.34. The van der Waals surface area contributed by atoms with Gasteiger partial charge in [-0.2, -0.15) is 0 Å². The van der Waals surface area contributed by atoms with Gasteiger partial charge in [0.2, 0.25) is 0 Å². The number of aromatic carboxylic acids is 1. The van der Waals surface area contributed by atoms with E-state index >= 15 is 0 Å². The van der Waals surface area contributed by atoms with Gasteiger partial charge in [0, 0.05) is 0 Å². The molecule has 2 rings (SSSR count). The van der Waals surface area contributed by atoms with Gasteiger partial charge in [-0.25, -0.2) is 14.6 Å². The standard InChI is InChI=1S/C13H15N3O4/c1-3-13(2)11(19)16(12(20)15-13)7-8-5-4-6-9(14-8)10(17)18/h4-6H,3,7H2,1-2H3,(H,15,20)(H,17,18). The molecule has 7 nitrogen and oxygen atoms in total. The first-order chi connectivity index (χ1) is 9.37. The van der Waals surface area contributed by atoms with E-state index in [1.54, 1.807) is 13.0 Å². The van der Waals surface area contributed by atoms with Crippen molar-refractivity contribution in [1.29, 1.82) is 0 Å². The fraction of sp³-hybridized carbons (Fsp3) is 0.385. The average molecular weight is 277 g/mol. The van der Waals surface area contributed by atoms with E-state index in [2.05, 4.69) is 10.3 Å². The summed E-state index contributed by atoms with van der Waals surface area (Å²) in [5.41, 5.74) is -0.664. The highest BCUT2D eigenvalue weighted by Crippen LogP contribution is 2.22. The van der Waals surface area contributed by atoms with Gasteiger partial charge < -0.3 is 10.4 Å². The van der Waals surface area contributed by atoms with Crippen LogP contribution in [0, 0.1) is 0 Å². The Labute approximate surface area is 115 Å². The highest BCUT2D eigenvalue weighted by molar-refractivity contribution is 6.06. The lowest BCUT2D eigenvalue weighted by molar-refractivity contribution is -0.131. The summed E-state index contributed by atoms with van der Waals surface area (Å²) in [6.45, 7) is 3.43. The Morgan fingerprint density at radius 2 is 2.15 bits per heavy atom.